The molecule has 3 rings (SSSR count). The van der Waals surface area contributed by atoms with E-state index in [0.29, 0.717) is 24.7 Å². The number of benzene rings is 1. The molecule has 0 saturated carbocycles. The van der Waals surface area contributed by atoms with Crippen molar-refractivity contribution in [1.82, 2.24) is 14.9 Å². The summed E-state index contributed by atoms with van der Waals surface area (Å²) in [4.78, 5) is 15.6. The van der Waals surface area contributed by atoms with Crippen molar-refractivity contribution in [3.8, 4) is 5.75 Å². The Morgan fingerprint density at radius 3 is 3.11 bits per heavy atom. The van der Waals surface area contributed by atoms with Crippen molar-refractivity contribution in [2.24, 2.45) is 0 Å². The smallest absolute Gasteiger partial charge is 0.220 e. The molecule has 0 spiro atoms. The number of hydrogen-bond acceptors (Lipinski definition) is 4. The number of para-hydroxylation sites is 1. The second kappa shape index (κ2) is 4.46. The zero-order valence-corrected chi connectivity index (χ0v) is 10.7. The van der Waals surface area contributed by atoms with Crippen LogP contribution in [-0.4, -0.2) is 28.6 Å². The fourth-order valence-corrected chi connectivity index (χ4v) is 2.53. The maximum absolute atomic E-state index is 11.2. The van der Waals surface area contributed by atoms with Gasteiger partial charge in [-0.05, 0) is 18.6 Å². The summed E-state index contributed by atoms with van der Waals surface area (Å²) in [6.07, 6.45) is 1.42. The highest BCUT2D eigenvalue weighted by molar-refractivity contribution is 5.84. The Labute approximate surface area is 110 Å². The number of rotatable bonds is 3. The van der Waals surface area contributed by atoms with E-state index in [-0.39, 0.29) is 11.9 Å². The number of fused-ring (bicyclic) bond motifs is 1. The average molecular weight is 260 g/mol. The summed E-state index contributed by atoms with van der Waals surface area (Å²) >= 11 is 0. The first-order valence-corrected chi connectivity index (χ1v) is 6.27. The molecule has 1 unspecified atom stereocenters. The van der Waals surface area contributed by atoms with Crippen molar-refractivity contribution in [2.45, 2.75) is 25.4 Å². The highest BCUT2D eigenvalue weighted by Gasteiger charge is 2.23. The van der Waals surface area contributed by atoms with Gasteiger partial charge in [0.1, 0.15) is 11.3 Å². The highest BCUT2D eigenvalue weighted by Crippen LogP contribution is 2.27. The minimum Gasteiger partial charge on any atom is -0.494 e. The number of carbonyl (C=O) groups excluding carboxylic acids is 1. The van der Waals surface area contributed by atoms with Gasteiger partial charge < -0.3 is 20.4 Å². The third-order valence-electron chi connectivity index (χ3n) is 3.48. The summed E-state index contributed by atoms with van der Waals surface area (Å²) in [7, 11) is 1.61. The molecule has 6 nitrogen and oxygen atoms in total. The van der Waals surface area contributed by atoms with Crippen LogP contribution in [0.1, 0.15) is 12.8 Å². The summed E-state index contributed by atoms with van der Waals surface area (Å²) in [5.74, 6) is 1.25. The molecule has 1 aliphatic rings. The minimum atomic E-state index is 0.102. The number of nitrogens with one attached hydrogen (secondary N) is 1. The third kappa shape index (κ3) is 1.99. The maximum Gasteiger partial charge on any atom is 0.220 e. The van der Waals surface area contributed by atoms with Gasteiger partial charge in [0.2, 0.25) is 11.9 Å². The second-order valence-electron chi connectivity index (χ2n) is 4.71. The third-order valence-corrected chi connectivity index (χ3v) is 3.48. The average Bonchev–Trinajstić information content (AvgIpc) is 2.94. The molecule has 19 heavy (non-hydrogen) atoms. The standard InChI is InChI=1S/C13H16N4O2/c1-19-10-4-2-3-9-12(10)16-13(14)17(9)7-8-5-6-11(18)15-8/h2-4,8H,5-7H2,1H3,(H2,14,16)(H,15,18). The van der Waals surface area contributed by atoms with E-state index in [1.807, 2.05) is 22.8 Å². The van der Waals surface area contributed by atoms with Crippen LogP contribution in [0.5, 0.6) is 5.75 Å². The number of anilines is 1. The number of carbonyl (C=O) groups is 1. The molecule has 0 aliphatic carbocycles. The van der Waals surface area contributed by atoms with E-state index in [1.54, 1.807) is 7.11 Å². The zero-order chi connectivity index (χ0) is 13.4. The van der Waals surface area contributed by atoms with Crippen LogP contribution in [0, 0.1) is 0 Å². The summed E-state index contributed by atoms with van der Waals surface area (Å²) in [5.41, 5.74) is 7.66. The lowest BCUT2D eigenvalue weighted by molar-refractivity contribution is -0.119. The molecule has 1 saturated heterocycles. The lowest BCUT2D eigenvalue weighted by Crippen LogP contribution is -2.29. The monoisotopic (exact) mass is 260 g/mol. The van der Waals surface area contributed by atoms with Crippen molar-refractivity contribution in [1.29, 1.82) is 0 Å². The molecule has 1 aromatic carbocycles. The first-order chi connectivity index (χ1) is 9.19. The normalized spacial score (nSPS) is 18.8. The SMILES string of the molecule is COc1cccc2c1nc(N)n2CC1CCC(=O)N1. The van der Waals surface area contributed by atoms with Crippen molar-refractivity contribution in [2.75, 3.05) is 12.8 Å². The molecule has 2 aromatic rings. The van der Waals surface area contributed by atoms with Crippen LogP contribution in [0.15, 0.2) is 18.2 Å². The van der Waals surface area contributed by atoms with Gasteiger partial charge in [0.25, 0.3) is 0 Å². The summed E-state index contributed by atoms with van der Waals surface area (Å²) in [5, 5.41) is 2.94. The number of methoxy groups -OCH3 is 1. The number of aromatic nitrogens is 2. The number of nitrogen functional groups attached to an aromatic ring is 1. The maximum atomic E-state index is 11.2. The molecule has 100 valence electrons. The Hall–Kier alpha value is -2.24. The molecule has 1 atom stereocenters. The largest absolute Gasteiger partial charge is 0.494 e. The Balaban J connectivity index is 1.99. The molecule has 3 N–H and O–H groups in total. The molecule has 0 radical (unpaired) electrons. The molecule has 0 bridgehead atoms. The fourth-order valence-electron chi connectivity index (χ4n) is 2.53. The summed E-state index contributed by atoms with van der Waals surface area (Å²) < 4.78 is 7.21. The first kappa shape index (κ1) is 11.8. The predicted molar refractivity (Wildman–Crippen MR) is 71.9 cm³/mol. The molecule has 2 heterocycles. The molecule has 6 heteroatoms. The van der Waals surface area contributed by atoms with E-state index in [2.05, 4.69) is 10.3 Å². The van der Waals surface area contributed by atoms with Gasteiger partial charge in [0.05, 0.1) is 12.6 Å². The van der Waals surface area contributed by atoms with Crippen LogP contribution in [0.25, 0.3) is 11.0 Å². The number of hydrogen-bond donors (Lipinski definition) is 2. The van der Waals surface area contributed by atoms with Crippen LogP contribution in [0.2, 0.25) is 0 Å². The Bertz CT molecular complexity index is 635. The lowest BCUT2D eigenvalue weighted by Gasteiger charge is -2.12. The van der Waals surface area contributed by atoms with Crippen LogP contribution in [0.4, 0.5) is 5.95 Å². The fraction of sp³-hybridized carbons (Fsp3) is 0.385. The summed E-state index contributed by atoms with van der Waals surface area (Å²) in [6, 6.07) is 5.85. The van der Waals surface area contributed by atoms with Crippen molar-refractivity contribution >= 4 is 22.9 Å². The van der Waals surface area contributed by atoms with Gasteiger partial charge in [-0.1, -0.05) is 6.07 Å². The minimum absolute atomic E-state index is 0.102. The van der Waals surface area contributed by atoms with Gasteiger partial charge in [-0.15, -0.1) is 0 Å². The van der Waals surface area contributed by atoms with E-state index in [0.717, 1.165) is 17.5 Å². The molecule has 1 aromatic heterocycles. The zero-order valence-electron chi connectivity index (χ0n) is 10.7. The topological polar surface area (TPSA) is 82.2 Å². The quantitative estimate of drug-likeness (QED) is 0.859. The van der Waals surface area contributed by atoms with Crippen LogP contribution in [-0.2, 0) is 11.3 Å². The van der Waals surface area contributed by atoms with Gasteiger partial charge in [-0.2, -0.15) is 0 Å². The molecule has 1 aliphatic heterocycles. The summed E-state index contributed by atoms with van der Waals surface area (Å²) in [6.45, 7) is 0.640. The van der Waals surface area contributed by atoms with E-state index in [1.165, 1.54) is 0 Å². The van der Waals surface area contributed by atoms with Crippen LogP contribution in [0.3, 0.4) is 0 Å². The Morgan fingerprint density at radius 2 is 2.42 bits per heavy atom. The lowest BCUT2D eigenvalue weighted by atomic mass is 10.2. The first-order valence-electron chi connectivity index (χ1n) is 6.27. The van der Waals surface area contributed by atoms with Gasteiger partial charge in [0.15, 0.2) is 0 Å². The number of amides is 1. The molecular weight excluding hydrogens is 244 g/mol. The van der Waals surface area contributed by atoms with Crippen molar-refractivity contribution in [3.05, 3.63) is 18.2 Å². The van der Waals surface area contributed by atoms with Gasteiger partial charge >= 0.3 is 0 Å². The predicted octanol–water partition coefficient (Wildman–Crippen LogP) is 0.906. The van der Waals surface area contributed by atoms with Crippen molar-refractivity contribution < 1.29 is 9.53 Å². The molecule has 1 amide bonds. The van der Waals surface area contributed by atoms with Crippen LogP contribution >= 0.6 is 0 Å². The van der Waals surface area contributed by atoms with Gasteiger partial charge in [-0.25, -0.2) is 4.98 Å². The van der Waals surface area contributed by atoms with Crippen LogP contribution < -0.4 is 15.8 Å². The van der Waals surface area contributed by atoms with E-state index in [4.69, 9.17) is 10.5 Å². The highest BCUT2D eigenvalue weighted by atomic mass is 16.5. The molecular formula is C13H16N4O2. The van der Waals surface area contributed by atoms with Crippen molar-refractivity contribution in [3.63, 3.8) is 0 Å². The number of imidazole rings is 1. The number of ether oxygens (including phenoxy) is 1. The van der Waals surface area contributed by atoms with E-state index in [9.17, 15) is 4.79 Å². The molecule has 1 fully saturated rings. The second-order valence-corrected chi connectivity index (χ2v) is 4.71. The van der Waals surface area contributed by atoms with E-state index >= 15 is 0 Å². The Morgan fingerprint density at radius 1 is 1.58 bits per heavy atom. The number of nitrogens with two attached hydrogens (primary N) is 1. The van der Waals surface area contributed by atoms with E-state index < -0.39 is 0 Å². The Kier molecular flexibility index (Phi) is 2.77. The number of nitrogens with zero attached hydrogens (tertiary/aromatic N) is 2. The van der Waals surface area contributed by atoms with Gasteiger partial charge in [0, 0.05) is 19.0 Å². The van der Waals surface area contributed by atoms with Gasteiger partial charge in [-0.3, -0.25) is 4.79 Å².